The van der Waals surface area contributed by atoms with Crippen molar-refractivity contribution < 1.29 is 18.0 Å². The number of benzene rings is 2. The molecule has 0 heterocycles. The first-order valence-electron chi connectivity index (χ1n) is 6.99. The van der Waals surface area contributed by atoms with Crippen LogP contribution in [0.15, 0.2) is 48.5 Å². The summed E-state index contributed by atoms with van der Waals surface area (Å²) in [5.41, 5.74) is 1.38. The van der Waals surface area contributed by atoms with Gasteiger partial charge >= 0.3 is 6.18 Å². The molecule has 0 aromatic heterocycles. The van der Waals surface area contributed by atoms with E-state index in [9.17, 15) is 18.0 Å². The van der Waals surface area contributed by atoms with Crippen LogP contribution in [0.2, 0.25) is 0 Å². The molecule has 0 aliphatic carbocycles. The van der Waals surface area contributed by atoms with E-state index in [1.54, 1.807) is 12.1 Å². The summed E-state index contributed by atoms with van der Waals surface area (Å²) in [5.74, 6) is -0.268. The molecule has 0 aliphatic heterocycles. The summed E-state index contributed by atoms with van der Waals surface area (Å²) >= 11 is 0. The molecule has 6 heteroatoms. The number of nitrogens with one attached hydrogen (secondary N) is 1. The van der Waals surface area contributed by atoms with Gasteiger partial charge < -0.3 is 10.2 Å². The van der Waals surface area contributed by atoms with Crippen molar-refractivity contribution in [2.45, 2.75) is 12.7 Å². The molecule has 0 radical (unpaired) electrons. The fraction of sp³-hybridized carbons (Fsp3) is 0.235. The first kappa shape index (κ1) is 16.9. The molecule has 23 heavy (non-hydrogen) atoms. The summed E-state index contributed by atoms with van der Waals surface area (Å²) in [5, 5.41) is 2.69. The van der Waals surface area contributed by atoms with Crippen molar-refractivity contribution in [3.8, 4) is 0 Å². The highest BCUT2D eigenvalue weighted by molar-refractivity contribution is 5.94. The molecule has 2 aromatic carbocycles. The average molecular weight is 322 g/mol. The van der Waals surface area contributed by atoms with Crippen LogP contribution in [-0.4, -0.2) is 20.0 Å². The molecule has 0 atom stereocenters. The minimum atomic E-state index is -4.35. The third-order valence-corrected chi connectivity index (χ3v) is 3.38. The van der Waals surface area contributed by atoms with Gasteiger partial charge in [0.05, 0.1) is 5.56 Å². The van der Waals surface area contributed by atoms with Crippen molar-refractivity contribution in [3.05, 3.63) is 65.2 Å². The summed E-state index contributed by atoms with van der Waals surface area (Å²) < 4.78 is 37.4. The van der Waals surface area contributed by atoms with Gasteiger partial charge in [-0.15, -0.1) is 0 Å². The number of nitrogens with zero attached hydrogens (tertiary/aromatic N) is 1. The van der Waals surface area contributed by atoms with E-state index >= 15 is 0 Å². The van der Waals surface area contributed by atoms with Crippen molar-refractivity contribution in [1.29, 1.82) is 0 Å². The highest BCUT2D eigenvalue weighted by atomic mass is 19.4. The molecule has 1 N–H and O–H groups in total. The van der Waals surface area contributed by atoms with Crippen LogP contribution < -0.4 is 10.2 Å². The largest absolute Gasteiger partial charge is 0.416 e. The van der Waals surface area contributed by atoms with E-state index in [0.717, 1.165) is 17.8 Å². The minimum absolute atomic E-state index is 0.173. The normalized spacial score (nSPS) is 11.2. The molecule has 0 unspecified atom stereocenters. The summed E-state index contributed by atoms with van der Waals surface area (Å²) in [7, 11) is 3.80. The Kier molecular flexibility index (Phi) is 4.93. The monoisotopic (exact) mass is 322 g/mol. The first-order valence-corrected chi connectivity index (χ1v) is 6.99. The van der Waals surface area contributed by atoms with E-state index in [2.05, 4.69) is 5.32 Å². The van der Waals surface area contributed by atoms with Gasteiger partial charge in [-0.2, -0.15) is 13.2 Å². The standard InChI is InChI=1S/C17H17F3N2O/c1-22(2)15-9-5-13(6-10-15)16(23)21-11-12-3-7-14(8-4-12)17(18,19)20/h3-10H,11H2,1-2H3,(H,21,23). The van der Waals surface area contributed by atoms with Crippen LogP contribution in [0.5, 0.6) is 0 Å². The van der Waals surface area contributed by atoms with Gasteiger partial charge in [-0.3, -0.25) is 4.79 Å². The van der Waals surface area contributed by atoms with E-state index in [4.69, 9.17) is 0 Å². The summed E-state index contributed by atoms with van der Waals surface area (Å²) in [6, 6.07) is 11.8. The highest BCUT2D eigenvalue weighted by Gasteiger charge is 2.29. The van der Waals surface area contributed by atoms with Crippen LogP contribution in [0, 0.1) is 0 Å². The van der Waals surface area contributed by atoms with Crippen molar-refractivity contribution in [2.24, 2.45) is 0 Å². The van der Waals surface area contributed by atoms with Gasteiger partial charge in [0.25, 0.3) is 5.91 Å². The number of anilines is 1. The Morgan fingerprint density at radius 3 is 2.04 bits per heavy atom. The van der Waals surface area contributed by atoms with Crippen LogP contribution in [0.4, 0.5) is 18.9 Å². The zero-order valence-corrected chi connectivity index (χ0v) is 12.8. The van der Waals surface area contributed by atoms with Gasteiger partial charge in [-0.05, 0) is 42.0 Å². The fourth-order valence-electron chi connectivity index (χ4n) is 2.01. The van der Waals surface area contributed by atoms with Crippen LogP contribution in [0.3, 0.4) is 0 Å². The summed E-state index contributed by atoms with van der Waals surface area (Å²) in [6.45, 7) is 0.173. The summed E-state index contributed by atoms with van der Waals surface area (Å²) in [6.07, 6.45) is -4.35. The first-order chi connectivity index (χ1) is 10.8. The lowest BCUT2D eigenvalue weighted by Crippen LogP contribution is -2.23. The number of amides is 1. The predicted octanol–water partition coefficient (Wildman–Crippen LogP) is 3.70. The zero-order chi connectivity index (χ0) is 17.0. The highest BCUT2D eigenvalue weighted by Crippen LogP contribution is 2.29. The zero-order valence-electron chi connectivity index (χ0n) is 12.8. The van der Waals surface area contributed by atoms with Gasteiger partial charge in [-0.25, -0.2) is 0 Å². The molecule has 2 aromatic rings. The van der Waals surface area contributed by atoms with Crippen LogP contribution in [0.1, 0.15) is 21.5 Å². The number of hydrogen-bond donors (Lipinski definition) is 1. The Morgan fingerprint density at radius 2 is 1.57 bits per heavy atom. The van der Waals surface area contributed by atoms with E-state index in [1.807, 2.05) is 31.1 Å². The van der Waals surface area contributed by atoms with Crippen LogP contribution in [-0.2, 0) is 12.7 Å². The molecule has 0 aliphatic rings. The van der Waals surface area contributed by atoms with Crippen molar-refractivity contribution in [2.75, 3.05) is 19.0 Å². The van der Waals surface area contributed by atoms with Crippen molar-refractivity contribution >= 4 is 11.6 Å². The second-order valence-corrected chi connectivity index (χ2v) is 5.32. The van der Waals surface area contributed by atoms with Gasteiger partial charge in [0, 0.05) is 31.9 Å². The third-order valence-electron chi connectivity index (χ3n) is 3.38. The van der Waals surface area contributed by atoms with Crippen LogP contribution >= 0.6 is 0 Å². The molecule has 0 saturated heterocycles. The quantitative estimate of drug-likeness (QED) is 0.931. The lowest BCUT2D eigenvalue weighted by molar-refractivity contribution is -0.137. The van der Waals surface area contributed by atoms with E-state index in [0.29, 0.717) is 11.1 Å². The average Bonchev–Trinajstić information content (AvgIpc) is 2.52. The number of carbonyl (C=O) groups is 1. The van der Waals surface area contributed by atoms with Gasteiger partial charge in [-0.1, -0.05) is 12.1 Å². The molecule has 3 nitrogen and oxygen atoms in total. The number of halogens is 3. The smallest absolute Gasteiger partial charge is 0.378 e. The Morgan fingerprint density at radius 1 is 1.00 bits per heavy atom. The van der Waals surface area contributed by atoms with E-state index < -0.39 is 11.7 Å². The maximum Gasteiger partial charge on any atom is 0.416 e. The minimum Gasteiger partial charge on any atom is -0.378 e. The molecule has 2 rings (SSSR count). The molecule has 0 saturated carbocycles. The second-order valence-electron chi connectivity index (χ2n) is 5.32. The molecule has 0 spiro atoms. The SMILES string of the molecule is CN(C)c1ccc(C(=O)NCc2ccc(C(F)(F)F)cc2)cc1. The maximum absolute atomic E-state index is 12.5. The molecular formula is C17H17F3N2O. The summed E-state index contributed by atoms with van der Waals surface area (Å²) in [4.78, 5) is 13.9. The van der Waals surface area contributed by atoms with Crippen LogP contribution in [0.25, 0.3) is 0 Å². The fourth-order valence-corrected chi connectivity index (χ4v) is 2.01. The number of rotatable bonds is 4. The number of hydrogen-bond acceptors (Lipinski definition) is 2. The lowest BCUT2D eigenvalue weighted by atomic mass is 10.1. The molecule has 122 valence electrons. The Hall–Kier alpha value is -2.50. The lowest BCUT2D eigenvalue weighted by Gasteiger charge is -2.12. The van der Waals surface area contributed by atoms with Crippen molar-refractivity contribution in [3.63, 3.8) is 0 Å². The van der Waals surface area contributed by atoms with Gasteiger partial charge in [0.15, 0.2) is 0 Å². The Labute approximate surface area is 132 Å². The maximum atomic E-state index is 12.5. The Balaban J connectivity index is 1.96. The van der Waals surface area contributed by atoms with Gasteiger partial charge in [0.1, 0.15) is 0 Å². The van der Waals surface area contributed by atoms with E-state index in [1.165, 1.54) is 12.1 Å². The predicted molar refractivity (Wildman–Crippen MR) is 83.4 cm³/mol. The van der Waals surface area contributed by atoms with E-state index in [-0.39, 0.29) is 12.5 Å². The number of carbonyl (C=O) groups excluding carboxylic acids is 1. The third kappa shape index (κ3) is 4.48. The molecular weight excluding hydrogens is 305 g/mol. The Bertz CT molecular complexity index is 662. The molecule has 0 fully saturated rings. The molecule has 0 bridgehead atoms. The van der Waals surface area contributed by atoms with Crippen molar-refractivity contribution in [1.82, 2.24) is 5.32 Å². The molecule has 1 amide bonds. The van der Waals surface area contributed by atoms with Gasteiger partial charge in [0.2, 0.25) is 0 Å². The topological polar surface area (TPSA) is 32.3 Å². The number of alkyl halides is 3. The second kappa shape index (κ2) is 6.73.